The van der Waals surface area contributed by atoms with Crippen LogP contribution in [-0.4, -0.2) is 23.9 Å². The predicted octanol–water partition coefficient (Wildman–Crippen LogP) is 0.798. The summed E-state index contributed by atoms with van der Waals surface area (Å²) in [5, 5.41) is 3.15. The number of hydrogen-bond acceptors (Lipinski definition) is 5. The lowest BCUT2D eigenvalue weighted by molar-refractivity contribution is 0.612. The van der Waals surface area contributed by atoms with Crippen LogP contribution in [0.1, 0.15) is 26.6 Å². The van der Waals surface area contributed by atoms with Crippen molar-refractivity contribution in [1.82, 2.24) is 9.97 Å². The Kier molecular flexibility index (Phi) is 3.62. The Labute approximate surface area is 90.9 Å². The van der Waals surface area contributed by atoms with Gasteiger partial charge < -0.3 is 5.32 Å². The summed E-state index contributed by atoms with van der Waals surface area (Å²) >= 11 is 0. The Balaban J connectivity index is 2.83. The van der Waals surface area contributed by atoms with Crippen LogP contribution >= 0.6 is 0 Å². The maximum absolute atomic E-state index is 10.5. The summed E-state index contributed by atoms with van der Waals surface area (Å²) in [5.41, 5.74) is -0.106. The molecule has 1 aromatic rings. The fourth-order valence-electron chi connectivity index (χ4n) is 1.04. The van der Waals surface area contributed by atoms with Crippen LogP contribution in [0, 0.1) is 0 Å². The summed E-state index contributed by atoms with van der Waals surface area (Å²) in [6.07, 6.45) is 1.55. The molecule has 0 aliphatic carbocycles. The number of thiol groups is 1. The van der Waals surface area contributed by atoms with Crippen molar-refractivity contribution in [3.8, 4) is 0 Å². The maximum Gasteiger partial charge on any atom is 0.147 e. The summed E-state index contributed by atoms with van der Waals surface area (Å²) < 4.78 is 21.0. The van der Waals surface area contributed by atoms with Gasteiger partial charge in [-0.3, -0.25) is 0 Å². The van der Waals surface area contributed by atoms with E-state index in [1.54, 1.807) is 12.3 Å². The average Bonchev–Trinajstić information content (AvgIpc) is 1.99. The fraction of sp³-hybridized carbons (Fsp3) is 0.556. The van der Waals surface area contributed by atoms with Gasteiger partial charge in [0.25, 0.3) is 0 Å². The molecule has 0 aliphatic heterocycles. The highest BCUT2D eigenvalue weighted by Gasteiger charge is 2.10. The lowest BCUT2D eigenvalue weighted by Crippen LogP contribution is -2.26. The van der Waals surface area contributed by atoms with Crippen LogP contribution in [0.3, 0.4) is 0 Å². The van der Waals surface area contributed by atoms with Crippen LogP contribution < -0.4 is 5.32 Å². The summed E-state index contributed by atoms with van der Waals surface area (Å²) in [6.45, 7) is 6.01. The van der Waals surface area contributed by atoms with E-state index in [9.17, 15) is 8.42 Å². The van der Waals surface area contributed by atoms with Gasteiger partial charge in [-0.1, -0.05) is 0 Å². The van der Waals surface area contributed by atoms with E-state index in [0.717, 1.165) is 0 Å². The second-order valence-corrected chi connectivity index (χ2v) is 5.21. The third kappa shape index (κ3) is 4.73. The van der Waals surface area contributed by atoms with Gasteiger partial charge in [-0.25, -0.2) is 18.4 Å². The van der Waals surface area contributed by atoms with E-state index in [4.69, 9.17) is 0 Å². The van der Waals surface area contributed by atoms with Crippen molar-refractivity contribution >= 4 is 16.5 Å². The van der Waals surface area contributed by atoms with Gasteiger partial charge in [0.15, 0.2) is 0 Å². The Morgan fingerprint density at radius 1 is 1.40 bits per heavy atom. The minimum atomic E-state index is -2.48. The summed E-state index contributed by atoms with van der Waals surface area (Å²) in [6, 6.07) is 1.71. The Bertz CT molecular complexity index is 402. The van der Waals surface area contributed by atoms with E-state index in [2.05, 4.69) is 15.3 Å². The highest BCUT2D eigenvalue weighted by atomic mass is 32.2. The largest absolute Gasteiger partial charge is 0.365 e. The highest BCUT2D eigenvalue weighted by Crippen LogP contribution is 2.11. The molecule has 5 nitrogen and oxygen atoms in total. The van der Waals surface area contributed by atoms with Crippen molar-refractivity contribution < 1.29 is 8.42 Å². The van der Waals surface area contributed by atoms with Gasteiger partial charge in [0.2, 0.25) is 0 Å². The van der Waals surface area contributed by atoms with Crippen LogP contribution in [0.25, 0.3) is 0 Å². The van der Waals surface area contributed by atoms with Crippen LogP contribution in [0.2, 0.25) is 0 Å². The predicted molar refractivity (Wildman–Crippen MR) is 59.4 cm³/mol. The van der Waals surface area contributed by atoms with E-state index >= 15 is 0 Å². The minimum absolute atomic E-state index is 0.106. The van der Waals surface area contributed by atoms with E-state index in [0.29, 0.717) is 11.6 Å². The fourth-order valence-corrected chi connectivity index (χ4v) is 1.43. The van der Waals surface area contributed by atoms with Crippen molar-refractivity contribution in [1.29, 1.82) is 0 Å². The lowest BCUT2D eigenvalue weighted by Gasteiger charge is -2.21. The molecule has 6 heteroatoms. The zero-order valence-electron chi connectivity index (χ0n) is 9.02. The van der Waals surface area contributed by atoms with Gasteiger partial charge in [0.05, 0.1) is 0 Å². The van der Waals surface area contributed by atoms with Crippen molar-refractivity contribution in [2.75, 3.05) is 5.32 Å². The Hall–Kier alpha value is -1.17. The van der Waals surface area contributed by atoms with Gasteiger partial charge in [0.1, 0.15) is 28.1 Å². The Morgan fingerprint density at radius 2 is 2.07 bits per heavy atom. The number of rotatable bonds is 3. The van der Waals surface area contributed by atoms with Crippen LogP contribution in [-0.2, 0) is 16.5 Å². The molecule has 0 aliphatic rings. The number of aromatic nitrogens is 2. The van der Waals surface area contributed by atoms with Crippen molar-refractivity contribution in [3.05, 3.63) is 18.1 Å². The molecule has 1 rings (SSSR count). The minimum Gasteiger partial charge on any atom is -0.365 e. The molecule has 0 saturated carbocycles. The van der Waals surface area contributed by atoms with Gasteiger partial charge in [0, 0.05) is 11.7 Å². The Morgan fingerprint density at radius 3 is 2.60 bits per heavy atom. The first-order valence-corrected chi connectivity index (χ1v) is 5.95. The second kappa shape index (κ2) is 4.57. The van der Waals surface area contributed by atoms with Gasteiger partial charge >= 0.3 is 0 Å². The molecule has 1 heterocycles. The molecule has 0 bridgehead atoms. The third-order valence-electron chi connectivity index (χ3n) is 1.48. The van der Waals surface area contributed by atoms with E-state index in [1.807, 2.05) is 20.8 Å². The topological polar surface area (TPSA) is 72.0 Å². The maximum atomic E-state index is 10.5. The molecule has 84 valence electrons. The standard InChI is InChI=1S/C9H15N3O2S/c1-9(2,3)12-7-4-5-10-8(11-7)6-15(13)14/h4-5,15H,6H2,1-3H3,(H,10,11,12). The number of nitrogens with zero attached hydrogens (tertiary/aromatic N) is 2. The summed E-state index contributed by atoms with van der Waals surface area (Å²) in [4.78, 5) is 7.97. The lowest BCUT2D eigenvalue weighted by atomic mass is 10.1. The summed E-state index contributed by atoms with van der Waals surface area (Å²) in [7, 11) is -2.48. The van der Waals surface area contributed by atoms with Crippen LogP contribution in [0.4, 0.5) is 5.82 Å². The average molecular weight is 229 g/mol. The number of anilines is 1. The second-order valence-electron chi connectivity index (χ2n) is 4.22. The van der Waals surface area contributed by atoms with Crippen molar-refractivity contribution in [2.24, 2.45) is 0 Å². The van der Waals surface area contributed by atoms with E-state index < -0.39 is 10.7 Å². The monoisotopic (exact) mass is 229 g/mol. The summed E-state index contributed by atoms with van der Waals surface area (Å²) in [5.74, 6) is 0.847. The molecule has 0 radical (unpaired) electrons. The third-order valence-corrected chi connectivity index (χ3v) is 2.02. The molecule has 0 fully saturated rings. The number of nitrogens with one attached hydrogen (secondary N) is 1. The van der Waals surface area contributed by atoms with E-state index in [1.165, 1.54) is 0 Å². The highest BCUT2D eigenvalue weighted by molar-refractivity contribution is 7.71. The molecule has 0 atom stereocenters. The molecular weight excluding hydrogens is 214 g/mol. The van der Waals surface area contributed by atoms with Gasteiger partial charge in [-0.05, 0) is 26.8 Å². The molecule has 0 spiro atoms. The molecule has 0 saturated heterocycles. The number of hydrogen-bond donors (Lipinski definition) is 2. The van der Waals surface area contributed by atoms with Gasteiger partial charge in [-0.15, -0.1) is 0 Å². The smallest absolute Gasteiger partial charge is 0.147 e. The quantitative estimate of drug-likeness (QED) is 0.750. The molecule has 1 N–H and O–H groups in total. The van der Waals surface area contributed by atoms with Gasteiger partial charge in [-0.2, -0.15) is 0 Å². The zero-order valence-corrected chi connectivity index (χ0v) is 9.91. The molecule has 0 amide bonds. The molecule has 0 unspecified atom stereocenters. The van der Waals surface area contributed by atoms with Crippen molar-refractivity contribution in [3.63, 3.8) is 0 Å². The first kappa shape index (κ1) is 11.9. The first-order chi connectivity index (χ1) is 6.87. The first-order valence-electron chi connectivity index (χ1n) is 4.59. The molecule has 1 aromatic heterocycles. The van der Waals surface area contributed by atoms with Crippen LogP contribution in [0.15, 0.2) is 12.3 Å². The van der Waals surface area contributed by atoms with E-state index in [-0.39, 0.29) is 11.3 Å². The normalized spacial score (nSPS) is 11.7. The zero-order chi connectivity index (χ0) is 11.5. The van der Waals surface area contributed by atoms with Crippen LogP contribution in [0.5, 0.6) is 0 Å². The molecule has 15 heavy (non-hydrogen) atoms. The van der Waals surface area contributed by atoms with Crippen molar-refractivity contribution in [2.45, 2.75) is 32.1 Å². The SMILES string of the molecule is CC(C)(C)Nc1ccnc(C[SH](=O)=O)n1. The molecular formula is C9H15N3O2S. The molecule has 0 aromatic carbocycles.